The van der Waals surface area contributed by atoms with Crippen LogP contribution in [0.5, 0.6) is 0 Å². The van der Waals surface area contributed by atoms with Crippen molar-refractivity contribution in [1.29, 1.82) is 0 Å². The Morgan fingerprint density at radius 1 is 1.25 bits per heavy atom. The molecule has 1 aromatic heterocycles. The van der Waals surface area contributed by atoms with Gasteiger partial charge in [-0.2, -0.15) is 0 Å². The summed E-state index contributed by atoms with van der Waals surface area (Å²) in [6.07, 6.45) is 1.05. The summed E-state index contributed by atoms with van der Waals surface area (Å²) in [5.41, 5.74) is -0.233. The Morgan fingerprint density at radius 3 is 2.40 bits per heavy atom. The first-order valence-electron chi connectivity index (χ1n) is 7.17. The van der Waals surface area contributed by atoms with Gasteiger partial charge in [0.05, 0.1) is 5.56 Å². The SMILES string of the molecule is CCCN(CC)CCn1c(=O)[nH]c(Cl)c(C(C)C)c1=O. The van der Waals surface area contributed by atoms with E-state index in [0.29, 0.717) is 18.7 Å². The van der Waals surface area contributed by atoms with Crippen LogP contribution in [-0.2, 0) is 6.54 Å². The molecule has 0 spiro atoms. The lowest BCUT2D eigenvalue weighted by Crippen LogP contribution is -2.41. The quantitative estimate of drug-likeness (QED) is 0.784. The molecule has 0 unspecified atom stereocenters. The van der Waals surface area contributed by atoms with Crippen molar-refractivity contribution < 1.29 is 0 Å². The molecular weight excluding hydrogens is 278 g/mol. The highest BCUT2D eigenvalue weighted by Gasteiger charge is 2.15. The number of aromatic amines is 1. The van der Waals surface area contributed by atoms with Crippen LogP contribution in [0.4, 0.5) is 0 Å². The van der Waals surface area contributed by atoms with Gasteiger partial charge < -0.3 is 4.90 Å². The monoisotopic (exact) mass is 301 g/mol. The Hall–Kier alpha value is -1.07. The van der Waals surface area contributed by atoms with Crippen LogP contribution < -0.4 is 11.2 Å². The summed E-state index contributed by atoms with van der Waals surface area (Å²) in [5, 5.41) is 0.159. The van der Waals surface area contributed by atoms with Crippen LogP contribution in [0.1, 0.15) is 45.6 Å². The number of H-pyrrole nitrogens is 1. The summed E-state index contributed by atoms with van der Waals surface area (Å²) >= 11 is 5.96. The van der Waals surface area contributed by atoms with Crippen molar-refractivity contribution in [1.82, 2.24) is 14.5 Å². The smallest absolute Gasteiger partial charge is 0.302 e. The average molecular weight is 302 g/mol. The zero-order valence-corrected chi connectivity index (χ0v) is 13.5. The van der Waals surface area contributed by atoms with Gasteiger partial charge >= 0.3 is 5.69 Å². The van der Waals surface area contributed by atoms with E-state index < -0.39 is 5.69 Å². The van der Waals surface area contributed by atoms with Crippen LogP contribution in [0.15, 0.2) is 9.59 Å². The van der Waals surface area contributed by atoms with Gasteiger partial charge in [-0.05, 0) is 25.4 Å². The van der Waals surface area contributed by atoms with Gasteiger partial charge in [0.25, 0.3) is 5.56 Å². The zero-order chi connectivity index (χ0) is 15.3. The van der Waals surface area contributed by atoms with E-state index in [1.165, 1.54) is 4.57 Å². The van der Waals surface area contributed by atoms with Gasteiger partial charge in [-0.15, -0.1) is 0 Å². The van der Waals surface area contributed by atoms with Gasteiger partial charge in [-0.1, -0.05) is 39.3 Å². The van der Waals surface area contributed by atoms with Gasteiger partial charge in [0.1, 0.15) is 5.15 Å². The molecule has 0 saturated heterocycles. The first-order chi connectivity index (χ1) is 9.42. The molecule has 0 aromatic carbocycles. The first-order valence-corrected chi connectivity index (χ1v) is 7.54. The van der Waals surface area contributed by atoms with Crippen molar-refractivity contribution in [2.45, 2.75) is 46.6 Å². The second-order valence-corrected chi connectivity index (χ2v) is 5.58. The molecule has 6 heteroatoms. The summed E-state index contributed by atoms with van der Waals surface area (Å²) in [4.78, 5) is 29.0. The molecule has 0 amide bonds. The predicted octanol–water partition coefficient (Wildman–Crippen LogP) is 2.05. The van der Waals surface area contributed by atoms with E-state index in [4.69, 9.17) is 11.6 Å². The zero-order valence-electron chi connectivity index (χ0n) is 12.7. The molecule has 0 radical (unpaired) electrons. The molecule has 0 aliphatic heterocycles. The number of nitrogens with one attached hydrogen (secondary N) is 1. The van der Waals surface area contributed by atoms with Crippen LogP contribution in [0.3, 0.4) is 0 Å². The second kappa shape index (κ2) is 7.64. The number of aromatic nitrogens is 2. The standard InChI is InChI=1S/C14H24ClN3O2/c1-5-7-17(6-2)8-9-18-13(19)11(10(3)4)12(15)16-14(18)20/h10H,5-9H2,1-4H3,(H,16,20). The molecule has 0 aliphatic rings. The van der Waals surface area contributed by atoms with Gasteiger partial charge in [0, 0.05) is 13.1 Å². The minimum atomic E-state index is -0.433. The van der Waals surface area contributed by atoms with E-state index in [2.05, 4.69) is 23.7 Å². The Morgan fingerprint density at radius 2 is 1.90 bits per heavy atom. The van der Waals surface area contributed by atoms with Crippen molar-refractivity contribution in [2.75, 3.05) is 19.6 Å². The second-order valence-electron chi connectivity index (χ2n) is 5.20. The summed E-state index contributed by atoms with van der Waals surface area (Å²) in [5.74, 6) is -0.0176. The van der Waals surface area contributed by atoms with E-state index in [0.717, 1.165) is 19.5 Å². The van der Waals surface area contributed by atoms with E-state index in [9.17, 15) is 9.59 Å². The molecule has 1 rings (SSSR count). The molecule has 114 valence electrons. The van der Waals surface area contributed by atoms with Crippen LogP contribution in [0, 0.1) is 0 Å². The maximum atomic E-state index is 12.4. The Bertz CT molecular complexity index is 548. The Kier molecular flexibility index (Phi) is 6.49. The van der Waals surface area contributed by atoms with Crippen molar-refractivity contribution >= 4 is 11.6 Å². The van der Waals surface area contributed by atoms with Crippen molar-refractivity contribution in [3.63, 3.8) is 0 Å². The summed E-state index contributed by atoms with van der Waals surface area (Å²) < 4.78 is 1.25. The number of likely N-dealkylation sites (N-methyl/N-ethyl adjacent to an activating group) is 1. The van der Waals surface area contributed by atoms with Crippen molar-refractivity contribution in [3.8, 4) is 0 Å². The molecule has 20 heavy (non-hydrogen) atoms. The number of hydrogen-bond donors (Lipinski definition) is 1. The maximum absolute atomic E-state index is 12.4. The minimum Gasteiger partial charge on any atom is -0.302 e. The first kappa shape index (κ1) is 17.0. The normalized spacial score (nSPS) is 11.6. The number of nitrogens with zero attached hydrogens (tertiary/aromatic N) is 2. The lowest BCUT2D eigenvalue weighted by atomic mass is 10.1. The average Bonchev–Trinajstić information content (AvgIpc) is 2.36. The van der Waals surface area contributed by atoms with Crippen molar-refractivity contribution in [2.24, 2.45) is 0 Å². The fourth-order valence-electron chi connectivity index (χ4n) is 2.25. The van der Waals surface area contributed by atoms with Crippen LogP contribution >= 0.6 is 11.6 Å². The summed E-state index contributed by atoms with van der Waals surface area (Å²) in [7, 11) is 0. The third-order valence-electron chi connectivity index (χ3n) is 3.38. The number of hydrogen-bond acceptors (Lipinski definition) is 3. The highest BCUT2D eigenvalue weighted by molar-refractivity contribution is 6.30. The predicted molar refractivity (Wildman–Crippen MR) is 82.8 cm³/mol. The highest BCUT2D eigenvalue weighted by Crippen LogP contribution is 2.16. The molecule has 5 nitrogen and oxygen atoms in total. The molecular formula is C14H24ClN3O2. The molecule has 0 saturated carbocycles. The molecule has 0 atom stereocenters. The molecule has 0 bridgehead atoms. The summed E-state index contributed by atoms with van der Waals surface area (Å²) in [6.45, 7) is 10.9. The maximum Gasteiger partial charge on any atom is 0.329 e. The lowest BCUT2D eigenvalue weighted by Gasteiger charge is -2.20. The molecule has 1 heterocycles. The topological polar surface area (TPSA) is 58.1 Å². The lowest BCUT2D eigenvalue weighted by molar-refractivity contribution is 0.273. The fraction of sp³-hybridized carbons (Fsp3) is 0.714. The Balaban J connectivity index is 3.04. The van der Waals surface area contributed by atoms with Gasteiger partial charge in [0.15, 0.2) is 0 Å². The molecule has 0 aliphatic carbocycles. The molecule has 0 fully saturated rings. The number of halogens is 1. The summed E-state index contributed by atoms with van der Waals surface area (Å²) in [6, 6.07) is 0. The van der Waals surface area contributed by atoms with Gasteiger partial charge in [0.2, 0.25) is 0 Å². The largest absolute Gasteiger partial charge is 0.329 e. The fourth-order valence-corrected chi connectivity index (χ4v) is 2.63. The molecule has 1 aromatic rings. The van der Waals surface area contributed by atoms with Gasteiger partial charge in [-0.25, -0.2) is 4.79 Å². The molecule has 1 N–H and O–H groups in total. The minimum absolute atomic E-state index is 0.0176. The van der Waals surface area contributed by atoms with E-state index in [1.807, 2.05) is 13.8 Å². The number of rotatable bonds is 7. The highest BCUT2D eigenvalue weighted by atomic mass is 35.5. The van der Waals surface area contributed by atoms with E-state index in [-0.39, 0.29) is 16.6 Å². The van der Waals surface area contributed by atoms with Crippen LogP contribution in [0.2, 0.25) is 5.15 Å². The van der Waals surface area contributed by atoms with Crippen LogP contribution in [0.25, 0.3) is 0 Å². The van der Waals surface area contributed by atoms with Gasteiger partial charge in [-0.3, -0.25) is 14.3 Å². The third-order valence-corrected chi connectivity index (χ3v) is 3.68. The van der Waals surface area contributed by atoms with Crippen molar-refractivity contribution in [3.05, 3.63) is 31.6 Å². The van der Waals surface area contributed by atoms with E-state index in [1.54, 1.807) is 0 Å². The van der Waals surface area contributed by atoms with E-state index >= 15 is 0 Å². The third kappa shape index (κ3) is 3.96. The van der Waals surface area contributed by atoms with Crippen LogP contribution in [-0.4, -0.2) is 34.1 Å². The Labute approximate surface area is 124 Å².